The first-order valence-electron chi connectivity index (χ1n) is 8.07. The number of para-hydroxylation sites is 1. The summed E-state index contributed by atoms with van der Waals surface area (Å²) in [6.07, 6.45) is -0.126. The van der Waals surface area contributed by atoms with Crippen molar-refractivity contribution in [1.29, 1.82) is 0 Å². The van der Waals surface area contributed by atoms with Gasteiger partial charge in [0.25, 0.3) is 0 Å². The number of pyridine rings is 1. The van der Waals surface area contributed by atoms with E-state index in [-0.39, 0.29) is 5.69 Å². The van der Waals surface area contributed by atoms with Gasteiger partial charge in [-0.2, -0.15) is 0 Å². The third kappa shape index (κ3) is 2.74. The fourth-order valence-electron chi connectivity index (χ4n) is 3.38. The minimum atomic E-state index is -0.624. The molecule has 5 nitrogen and oxygen atoms in total. The van der Waals surface area contributed by atoms with Crippen LogP contribution in [0.2, 0.25) is 0 Å². The molecule has 0 saturated carbocycles. The van der Waals surface area contributed by atoms with Gasteiger partial charge in [-0.15, -0.1) is 0 Å². The topological polar surface area (TPSA) is 82.3 Å². The van der Waals surface area contributed by atoms with Crippen LogP contribution in [-0.4, -0.2) is 23.0 Å². The molecule has 1 aromatic heterocycles. The summed E-state index contributed by atoms with van der Waals surface area (Å²) in [6.45, 7) is 0. The van der Waals surface area contributed by atoms with E-state index in [9.17, 15) is 9.59 Å². The van der Waals surface area contributed by atoms with E-state index in [0.29, 0.717) is 6.42 Å². The maximum absolute atomic E-state index is 12.5. The predicted molar refractivity (Wildman–Crippen MR) is 93.0 cm³/mol. The van der Waals surface area contributed by atoms with Crippen molar-refractivity contribution >= 4 is 22.8 Å². The summed E-state index contributed by atoms with van der Waals surface area (Å²) >= 11 is 0. The summed E-state index contributed by atoms with van der Waals surface area (Å²) < 4.78 is 5.60. The lowest BCUT2D eigenvalue weighted by atomic mass is 9.99. The Balaban J connectivity index is 1.60. The number of rotatable bonds is 3. The lowest BCUT2D eigenvalue weighted by Gasteiger charge is -2.18. The zero-order valence-corrected chi connectivity index (χ0v) is 13.4. The molecule has 1 aliphatic rings. The number of nitrogens with two attached hydrogens (primary N) is 1. The Morgan fingerprint density at radius 3 is 2.60 bits per heavy atom. The quantitative estimate of drug-likeness (QED) is 0.747. The molecule has 124 valence electrons. The smallest absolute Gasteiger partial charge is 0.357 e. The van der Waals surface area contributed by atoms with E-state index >= 15 is 0 Å². The van der Waals surface area contributed by atoms with Gasteiger partial charge in [-0.3, -0.25) is 4.79 Å². The van der Waals surface area contributed by atoms with Gasteiger partial charge in [-0.25, -0.2) is 9.78 Å². The lowest BCUT2D eigenvalue weighted by Crippen LogP contribution is -2.32. The van der Waals surface area contributed by atoms with E-state index in [4.69, 9.17) is 10.5 Å². The van der Waals surface area contributed by atoms with Gasteiger partial charge in [0, 0.05) is 11.8 Å². The van der Waals surface area contributed by atoms with Crippen molar-refractivity contribution in [3.8, 4) is 0 Å². The van der Waals surface area contributed by atoms with Crippen LogP contribution in [0, 0.1) is 0 Å². The second-order valence-electron chi connectivity index (χ2n) is 6.12. The van der Waals surface area contributed by atoms with Gasteiger partial charge in [0.1, 0.15) is 17.7 Å². The number of ether oxygens (including phenoxy) is 1. The van der Waals surface area contributed by atoms with Crippen LogP contribution in [0.25, 0.3) is 10.9 Å². The van der Waals surface area contributed by atoms with Crippen molar-refractivity contribution in [2.75, 3.05) is 0 Å². The Morgan fingerprint density at radius 2 is 1.76 bits per heavy atom. The van der Waals surface area contributed by atoms with Crippen molar-refractivity contribution in [1.82, 2.24) is 4.98 Å². The highest BCUT2D eigenvalue weighted by molar-refractivity contribution is 5.92. The third-order valence-electron chi connectivity index (χ3n) is 4.56. The van der Waals surface area contributed by atoms with Crippen molar-refractivity contribution in [2.45, 2.75) is 18.4 Å². The Kier molecular flexibility index (Phi) is 3.69. The van der Waals surface area contributed by atoms with Crippen LogP contribution < -0.4 is 5.73 Å². The van der Waals surface area contributed by atoms with Gasteiger partial charge in [-0.1, -0.05) is 48.5 Å². The largest absolute Gasteiger partial charge is 0.456 e. The summed E-state index contributed by atoms with van der Waals surface area (Å²) in [5, 5.41) is 0.947. The molecule has 1 heterocycles. The van der Waals surface area contributed by atoms with Crippen LogP contribution >= 0.6 is 0 Å². The lowest BCUT2D eigenvalue weighted by molar-refractivity contribution is -0.121. The Bertz CT molecular complexity index is 983. The highest BCUT2D eigenvalue weighted by Crippen LogP contribution is 2.35. The Morgan fingerprint density at radius 1 is 1.00 bits per heavy atom. The molecule has 2 unspecified atom stereocenters. The Labute approximate surface area is 144 Å². The van der Waals surface area contributed by atoms with Gasteiger partial charge in [0.15, 0.2) is 0 Å². The summed E-state index contributed by atoms with van der Waals surface area (Å²) in [4.78, 5) is 28.8. The highest BCUT2D eigenvalue weighted by Gasteiger charge is 2.39. The Hall–Kier alpha value is -3.21. The standard InChI is InChI=1S/C20H16N2O3/c21-19(23)18-14-7-3-1-6-13(14)11-17(18)25-20(24)16-10-9-12-5-2-4-8-15(12)22-16/h1-10,17-18H,11H2,(H2,21,23). The molecule has 0 fully saturated rings. The van der Waals surface area contributed by atoms with Crippen LogP contribution in [0.4, 0.5) is 0 Å². The molecule has 1 aliphatic carbocycles. The van der Waals surface area contributed by atoms with E-state index in [1.54, 1.807) is 6.07 Å². The molecule has 4 rings (SSSR count). The molecule has 0 radical (unpaired) electrons. The zero-order valence-electron chi connectivity index (χ0n) is 13.4. The van der Waals surface area contributed by atoms with Crippen LogP contribution in [0.5, 0.6) is 0 Å². The van der Waals surface area contributed by atoms with Crippen LogP contribution in [0.1, 0.15) is 27.5 Å². The van der Waals surface area contributed by atoms with E-state index in [1.165, 1.54) is 0 Å². The average Bonchev–Trinajstić information content (AvgIpc) is 2.99. The van der Waals surface area contributed by atoms with E-state index in [1.807, 2.05) is 54.6 Å². The minimum absolute atomic E-state index is 0.220. The van der Waals surface area contributed by atoms with Gasteiger partial charge in [0.2, 0.25) is 5.91 Å². The van der Waals surface area contributed by atoms with Crippen molar-refractivity contribution in [2.24, 2.45) is 5.73 Å². The maximum atomic E-state index is 12.5. The molecule has 25 heavy (non-hydrogen) atoms. The molecule has 1 amide bonds. The van der Waals surface area contributed by atoms with E-state index in [2.05, 4.69) is 4.98 Å². The molecular weight excluding hydrogens is 316 g/mol. The third-order valence-corrected chi connectivity index (χ3v) is 4.56. The maximum Gasteiger partial charge on any atom is 0.357 e. The number of fused-ring (bicyclic) bond motifs is 2. The number of hydrogen-bond donors (Lipinski definition) is 1. The molecule has 0 spiro atoms. The average molecular weight is 332 g/mol. The predicted octanol–water partition coefficient (Wildman–Crippen LogP) is 2.59. The minimum Gasteiger partial charge on any atom is -0.456 e. The first-order chi connectivity index (χ1) is 12.1. The SMILES string of the molecule is NC(=O)C1c2ccccc2CC1OC(=O)c1ccc2ccccc2n1. The molecule has 0 bridgehead atoms. The monoisotopic (exact) mass is 332 g/mol. The molecular formula is C20H16N2O3. The highest BCUT2D eigenvalue weighted by atomic mass is 16.5. The van der Waals surface area contributed by atoms with Gasteiger partial charge >= 0.3 is 5.97 Å². The number of aromatic nitrogens is 1. The number of amides is 1. The molecule has 5 heteroatoms. The van der Waals surface area contributed by atoms with Gasteiger partial charge < -0.3 is 10.5 Å². The first kappa shape index (κ1) is 15.3. The fourth-order valence-corrected chi connectivity index (χ4v) is 3.38. The van der Waals surface area contributed by atoms with E-state index in [0.717, 1.165) is 22.0 Å². The summed E-state index contributed by atoms with van der Waals surface area (Å²) in [7, 11) is 0. The van der Waals surface area contributed by atoms with Crippen molar-refractivity contribution in [3.05, 3.63) is 77.5 Å². The second-order valence-corrected chi connectivity index (χ2v) is 6.12. The van der Waals surface area contributed by atoms with E-state index < -0.39 is 23.9 Å². The van der Waals surface area contributed by atoms with Crippen molar-refractivity contribution < 1.29 is 14.3 Å². The summed E-state index contributed by atoms with van der Waals surface area (Å²) in [6, 6.07) is 18.5. The molecule has 2 aromatic carbocycles. The zero-order chi connectivity index (χ0) is 17.4. The number of carbonyl (C=O) groups is 2. The number of esters is 1. The molecule has 0 aliphatic heterocycles. The summed E-state index contributed by atoms with van der Waals surface area (Å²) in [5.74, 6) is -1.66. The molecule has 2 atom stereocenters. The molecule has 3 aromatic rings. The number of nitrogens with zero attached hydrogens (tertiary/aromatic N) is 1. The number of primary amides is 1. The van der Waals surface area contributed by atoms with Crippen molar-refractivity contribution in [3.63, 3.8) is 0 Å². The molecule has 2 N–H and O–H groups in total. The number of hydrogen-bond acceptors (Lipinski definition) is 4. The van der Waals surface area contributed by atoms with Gasteiger partial charge in [0.05, 0.1) is 5.52 Å². The second kappa shape index (κ2) is 6.02. The molecule has 0 saturated heterocycles. The van der Waals surface area contributed by atoms with Crippen LogP contribution in [0.15, 0.2) is 60.7 Å². The fraction of sp³-hybridized carbons (Fsp3) is 0.150. The normalized spacial score (nSPS) is 18.7. The van der Waals surface area contributed by atoms with Gasteiger partial charge in [-0.05, 0) is 23.3 Å². The van der Waals surface area contributed by atoms with Crippen LogP contribution in [-0.2, 0) is 16.0 Å². The summed E-state index contributed by atoms with van der Waals surface area (Å²) in [5.41, 5.74) is 8.30. The van der Waals surface area contributed by atoms with Crippen LogP contribution in [0.3, 0.4) is 0 Å². The number of carbonyl (C=O) groups excluding carboxylic acids is 2. The first-order valence-corrected chi connectivity index (χ1v) is 8.07. The number of benzene rings is 2.